The molecule has 1 aromatic rings. The zero-order valence-corrected chi connectivity index (χ0v) is 16.1. The Balaban J connectivity index is 1.59. The molecule has 10 heteroatoms. The van der Waals surface area contributed by atoms with Crippen LogP contribution in [-0.2, 0) is 21.2 Å². The Morgan fingerprint density at radius 2 is 1.93 bits per heavy atom. The monoisotopic (exact) mass is 420 g/mol. The van der Waals surface area contributed by atoms with Gasteiger partial charge in [0, 0.05) is 24.7 Å². The van der Waals surface area contributed by atoms with Gasteiger partial charge in [-0.2, -0.15) is 0 Å². The van der Waals surface area contributed by atoms with Gasteiger partial charge in [-0.25, -0.2) is 8.42 Å². The molecule has 156 valence electrons. The lowest BCUT2D eigenvalue weighted by atomic mass is 9.93. The molecule has 0 bridgehead atoms. The molecule has 2 fully saturated rings. The quantitative estimate of drug-likeness (QED) is 0.791. The summed E-state index contributed by atoms with van der Waals surface area (Å²) >= 11 is 0. The summed E-state index contributed by atoms with van der Waals surface area (Å²) in [6.07, 6.45) is -1.66. The van der Waals surface area contributed by atoms with E-state index in [0.717, 1.165) is 19.3 Å². The van der Waals surface area contributed by atoms with E-state index in [1.807, 2.05) is 4.90 Å². The Morgan fingerprint density at radius 1 is 1.21 bits per heavy atom. The molecular weight excluding hydrogens is 397 g/mol. The minimum atomic E-state index is -4.81. The molecule has 0 radical (unpaired) electrons. The van der Waals surface area contributed by atoms with Crippen molar-refractivity contribution in [1.82, 2.24) is 10.2 Å². The number of hydrogen-bond acceptors (Lipinski definition) is 5. The van der Waals surface area contributed by atoms with Gasteiger partial charge in [0.05, 0.1) is 17.5 Å². The van der Waals surface area contributed by atoms with E-state index in [1.54, 1.807) is 6.07 Å². The minimum Gasteiger partial charge on any atom is -0.405 e. The summed E-state index contributed by atoms with van der Waals surface area (Å²) in [4.78, 5) is 14.2. The maximum atomic E-state index is 12.5. The number of carbonyl (C=O) groups excluding carboxylic acids is 1. The van der Waals surface area contributed by atoms with Crippen molar-refractivity contribution in [1.29, 1.82) is 0 Å². The van der Waals surface area contributed by atoms with Gasteiger partial charge in [-0.3, -0.25) is 9.69 Å². The molecule has 1 N–H and O–H groups in total. The number of amides is 1. The van der Waals surface area contributed by atoms with Crippen LogP contribution in [0, 0.1) is 0 Å². The fourth-order valence-corrected chi connectivity index (χ4v) is 6.08. The van der Waals surface area contributed by atoms with Gasteiger partial charge in [0.1, 0.15) is 5.75 Å². The first-order valence-corrected chi connectivity index (χ1v) is 10.9. The Bertz CT molecular complexity index is 813. The number of sulfone groups is 1. The maximum Gasteiger partial charge on any atom is 0.573 e. The number of fused-ring (bicyclic) bond motifs is 1. The summed E-state index contributed by atoms with van der Waals surface area (Å²) in [5.41, 5.74) is 0.213. The second-order valence-electron chi connectivity index (χ2n) is 7.16. The van der Waals surface area contributed by atoms with E-state index in [2.05, 4.69) is 10.1 Å². The molecule has 1 heterocycles. The maximum absolute atomic E-state index is 12.5. The van der Waals surface area contributed by atoms with E-state index >= 15 is 0 Å². The van der Waals surface area contributed by atoms with Crippen molar-refractivity contribution in [3.8, 4) is 5.75 Å². The van der Waals surface area contributed by atoms with Crippen LogP contribution in [0.25, 0.3) is 0 Å². The fraction of sp³-hybridized carbons (Fsp3) is 0.611. The van der Waals surface area contributed by atoms with Gasteiger partial charge in [-0.15, -0.1) is 13.2 Å². The lowest BCUT2D eigenvalue weighted by Gasteiger charge is -2.43. The summed E-state index contributed by atoms with van der Waals surface area (Å²) in [5, 5.41) is 2.18. The Hall–Kier alpha value is -1.81. The molecule has 1 saturated carbocycles. The van der Waals surface area contributed by atoms with Crippen LogP contribution in [0.3, 0.4) is 0 Å². The predicted octanol–water partition coefficient (Wildman–Crippen LogP) is 2.24. The van der Waals surface area contributed by atoms with Crippen molar-refractivity contribution >= 4 is 15.7 Å². The lowest BCUT2D eigenvalue weighted by Crippen LogP contribution is -2.57. The summed E-state index contributed by atoms with van der Waals surface area (Å²) < 4.78 is 66.0. The Morgan fingerprint density at radius 3 is 2.68 bits per heavy atom. The number of nitrogens with one attached hydrogen (secondary N) is 1. The van der Waals surface area contributed by atoms with Crippen molar-refractivity contribution in [3.05, 3.63) is 29.8 Å². The first-order valence-electron chi connectivity index (χ1n) is 9.22. The second kappa shape index (κ2) is 8.28. The van der Waals surface area contributed by atoms with E-state index in [-0.39, 0.29) is 42.1 Å². The van der Waals surface area contributed by atoms with E-state index < -0.39 is 21.4 Å². The van der Waals surface area contributed by atoms with E-state index in [1.165, 1.54) is 18.2 Å². The van der Waals surface area contributed by atoms with Gasteiger partial charge in [0.2, 0.25) is 5.91 Å². The van der Waals surface area contributed by atoms with Gasteiger partial charge < -0.3 is 10.1 Å². The highest BCUT2D eigenvalue weighted by Gasteiger charge is 2.42. The van der Waals surface area contributed by atoms with Gasteiger partial charge in [-0.1, -0.05) is 31.0 Å². The molecule has 1 aliphatic carbocycles. The van der Waals surface area contributed by atoms with Crippen LogP contribution in [0.5, 0.6) is 5.75 Å². The Kier molecular flexibility index (Phi) is 6.18. The first-order chi connectivity index (χ1) is 13.2. The van der Waals surface area contributed by atoms with Crippen molar-refractivity contribution in [3.63, 3.8) is 0 Å². The lowest BCUT2D eigenvalue weighted by molar-refractivity contribution is -0.274. The number of carbonyl (C=O) groups is 1. The molecule has 1 aliphatic heterocycles. The summed E-state index contributed by atoms with van der Waals surface area (Å²) in [5.74, 6) is -0.680. The molecule has 0 spiro atoms. The number of rotatable bonds is 5. The SMILES string of the molecule is O=C(CN1CCS(=O)(=O)C2CCCCC21)NCc1ccccc1OC(F)(F)F. The van der Waals surface area contributed by atoms with Crippen molar-refractivity contribution in [2.24, 2.45) is 0 Å². The highest BCUT2D eigenvalue weighted by Crippen LogP contribution is 2.32. The zero-order valence-electron chi connectivity index (χ0n) is 15.2. The smallest absolute Gasteiger partial charge is 0.405 e. The van der Waals surface area contributed by atoms with Crippen LogP contribution in [-0.4, -0.2) is 55.7 Å². The predicted molar refractivity (Wildman–Crippen MR) is 96.4 cm³/mol. The molecule has 1 aromatic carbocycles. The van der Waals surface area contributed by atoms with E-state index in [0.29, 0.717) is 13.0 Å². The number of halogens is 3. The molecule has 28 heavy (non-hydrogen) atoms. The summed E-state index contributed by atoms with van der Waals surface area (Å²) in [6.45, 7) is 0.217. The van der Waals surface area contributed by atoms with Gasteiger partial charge in [-0.05, 0) is 18.9 Å². The molecule has 2 unspecified atom stereocenters. The number of hydrogen-bond donors (Lipinski definition) is 1. The van der Waals surface area contributed by atoms with Crippen molar-refractivity contribution < 1.29 is 31.1 Å². The summed E-state index contributed by atoms with van der Waals surface area (Å²) in [7, 11) is -3.13. The number of nitrogens with zero attached hydrogens (tertiary/aromatic N) is 1. The molecule has 6 nitrogen and oxygen atoms in total. The fourth-order valence-electron chi connectivity index (χ4n) is 3.98. The number of para-hydroxylation sites is 1. The minimum absolute atomic E-state index is 0.0268. The molecule has 3 rings (SSSR count). The third kappa shape index (κ3) is 5.16. The number of alkyl halides is 3. The van der Waals surface area contributed by atoms with Crippen LogP contribution in [0.15, 0.2) is 24.3 Å². The zero-order chi connectivity index (χ0) is 20.4. The molecule has 1 saturated heterocycles. The molecule has 2 atom stereocenters. The van der Waals surface area contributed by atoms with Crippen LogP contribution < -0.4 is 10.1 Å². The third-order valence-corrected chi connectivity index (χ3v) is 7.51. The van der Waals surface area contributed by atoms with E-state index in [4.69, 9.17) is 0 Å². The van der Waals surface area contributed by atoms with Crippen molar-refractivity contribution in [2.75, 3.05) is 18.8 Å². The second-order valence-corrected chi connectivity index (χ2v) is 9.50. The highest BCUT2D eigenvalue weighted by atomic mass is 32.2. The van der Waals surface area contributed by atoms with Crippen LogP contribution in [0.2, 0.25) is 0 Å². The topological polar surface area (TPSA) is 75.7 Å². The molecular formula is C18H23F3N2O4S. The van der Waals surface area contributed by atoms with E-state index in [9.17, 15) is 26.4 Å². The van der Waals surface area contributed by atoms with Gasteiger partial charge in [0.15, 0.2) is 9.84 Å². The molecule has 2 aliphatic rings. The average molecular weight is 420 g/mol. The first kappa shape index (κ1) is 20.9. The van der Waals surface area contributed by atoms with Crippen molar-refractivity contribution in [2.45, 2.75) is 49.9 Å². The third-order valence-electron chi connectivity index (χ3n) is 5.28. The Labute approximate surface area is 162 Å². The average Bonchev–Trinajstić information content (AvgIpc) is 2.62. The largest absolute Gasteiger partial charge is 0.573 e. The van der Waals surface area contributed by atoms with Crippen LogP contribution in [0.1, 0.15) is 31.2 Å². The van der Waals surface area contributed by atoms with Crippen LogP contribution in [0.4, 0.5) is 13.2 Å². The molecule has 0 aromatic heterocycles. The number of benzene rings is 1. The van der Waals surface area contributed by atoms with Gasteiger partial charge in [0.25, 0.3) is 0 Å². The normalized spacial score (nSPS) is 25.0. The van der Waals surface area contributed by atoms with Gasteiger partial charge >= 0.3 is 6.36 Å². The van der Waals surface area contributed by atoms with Crippen LogP contribution >= 0.6 is 0 Å². The summed E-state index contributed by atoms with van der Waals surface area (Å²) in [6, 6.07) is 5.46. The standard InChI is InChI=1S/C18H23F3N2O4S/c19-18(20,21)27-15-7-3-1-5-13(15)11-22-17(24)12-23-9-10-28(25,26)16-8-4-2-6-14(16)23/h1,3,5,7,14,16H,2,4,6,8-12H2,(H,22,24). The highest BCUT2D eigenvalue weighted by molar-refractivity contribution is 7.92. The number of ether oxygens (including phenoxy) is 1. The molecule has 1 amide bonds.